The van der Waals surface area contributed by atoms with E-state index in [9.17, 15) is 13.2 Å². The van der Waals surface area contributed by atoms with Gasteiger partial charge in [-0.2, -0.15) is 13.2 Å². The number of benzene rings is 1. The third-order valence-corrected chi connectivity index (χ3v) is 3.71. The summed E-state index contributed by atoms with van der Waals surface area (Å²) in [6, 6.07) is 5.46. The summed E-state index contributed by atoms with van der Waals surface area (Å²) in [6.45, 7) is 3.95. The molecule has 19 heavy (non-hydrogen) atoms. The van der Waals surface area contributed by atoms with Crippen LogP contribution in [0.3, 0.4) is 0 Å². The molecule has 0 aliphatic carbocycles. The lowest BCUT2D eigenvalue weighted by Crippen LogP contribution is -2.27. The van der Waals surface area contributed by atoms with Crippen molar-refractivity contribution in [3.63, 3.8) is 0 Å². The number of hydrogen-bond donors (Lipinski definition) is 1. The van der Waals surface area contributed by atoms with Gasteiger partial charge in [-0.25, -0.2) is 0 Å². The third kappa shape index (κ3) is 3.65. The Morgan fingerprint density at radius 2 is 1.95 bits per heavy atom. The molecule has 1 aliphatic rings. The van der Waals surface area contributed by atoms with Crippen molar-refractivity contribution >= 4 is 22.6 Å². The minimum Gasteiger partial charge on any atom is -0.334 e. The number of halogens is 3. The van der Waals surface area contributed by atoms with Crippen LogP contribution in [0.5, 0.6) is 0 Å². The molecule has 1 aromatic rings. The predicted octanol–water partition coefficient (Wildman–Crippen LogP) is 4.39. The average Bonchev–Trinajstić information content (AvgIpc) is 2.26. The summed E-state index contributed by atoms with van der Waals surface area (Å²) in [6.07, 6.45) is -3.44. The number of rotatable bonds is 1. The summed E-state index contributed by atoms with van der Waals surface area (Å²) in [7, 11) is 0. The number of hydrogen-bond acceptors (Lipinski definition) is 3. The number of nitrogens with one attached hydrogen (secondary N) is 1. The molecular formula is C13H15F3N2S. The monoisotopic (exact) mass is 288 g/mol. The predicted molar refractivity (Wildman–Crippen MR) is 73.7 cm³/mol. The summed E-state index contributed by atoms with van der Waals surface area (Å²) in [5, 5.41) is 3.35. The second-order valence-corrected chi connectivity index (χ2v) is 6.08. The largest absolute Gasteiger partial charge is 0.418 e. The van der Waals surface area contributed by atoms with E-state index in [1.807, 2.05) is 13.8 Å². The number of anilines is 1. The van der Waals surface area contributed by atoms with E-state index in [-0.39, 0.29) is 11.2 Å². The van der Waals surface area contributed by atoms with Crippen molar-refractivity contribution < 1.29 is 13.2 Å². The molecule has 0 spiro atoms. The Balaban J connectivity index is 2.27. The van der Waals surface area contributed by atoms with Crippen molar-refractivity contribution in [2.24, 2.45) is 4.99 Å². The summed E-state index contributed by atoms with van der Waals surface area (Å²) in [5.74, 6) is 0.854. The first-order chi connectivity index (χ1) is 8.78. The van der Waals surface area contributed by atoms with Gasteiger partial charge in [0.1, 0.15) is 0 Å². The fourth-order valence-electron chi connectivity index (χ4n) is 1.78. The number of aliphatic imine (C=N–C) groups is 1. The van der Waals surface area contributed by atoms with Gasteiger partial charge in [0.25, 0.3) is 0 Å². The van der Waals surface area contributed by atoms with Gasteiger partial charge in [-0.3, -0.25) is 4.99 Å². The molecule has 0 fully saturated rings. The number of para-hydroxylation sites is 1. The zero-order chi connectivity index (χ0) is 14.1. The van der Waals surface area contributed by atoms with E-state index in [1.165, 1.54) is 23.9 Å². The minimum absolute atomic E-state index is 0.0546. The maximum Gasteiger partial charge on any atom is 0.418 e. The molecule has 1 aliphatic heterocycles. The van der Waals surface area contributed by atoms with Gasteiger partial charge in [0.15, 0.2) is 5.17 Å². The highest BCUT2D eigenvalue weighted by atomic mass is 32.2. The van der Waals surface area contributed by atoms with Crippen molar-refractivity contribution in [2.75, 3.05) is 11.1 Å². The molecular weight excluding hydrogens is 273 g/mol. The van der Waals surface area contributed by atoms with Gasteiger partial charge in [-0.05, 0) is 32.4 Å². The molecule has 2 rings (SSSR count). The first-order valence-electron chi connectivity index (χ1n) is 5.94. The standard InChI is InChI=1S/C13H15F3N2S/c1-12(2)7-8-19-11(18-12)17-10-6-4-3-5-9(10)13(14,15)16/h3-6H,7-8H2,1-2H3,(H,17,18). The van der Waals surface area contributed by atoms with Crippen LogP contribution < -0.4 is 5.32 Å². The maximum atomic E-state index is 12.9. The lowest BCUT2D eigenvalue weighted by atomic mass is 10.0. The van der Waals surface area contributed by atoms with E-state index in [2.05, 4.69) is 10.3 Å². The molecule has 2 nitrogen and oxygen atoms in total. The minimum atomic E-state index is -4.36. The van der Waals surface area contributed by atoms with Crippen LogP contribution in [0, 0.1) is 0 Å². The summed E-state index contributed by atoms with van der Waals surface area (Å²) in [4.78, 5) is 4.43. The number of thioether (sulfide) groups is 1. The number of amidine groups is 1. The second-order valence-electron chi connectivity index (χ2n) is 5.00. The van der Waals surface area contributed by atoms with Gasteiger partial charge >= 0.3 is 6.18 Å². The van der Waals surface area contributed by atoms with Crippen molar-refractivity contribution in [3.8, 4) is 0 Å². The molecule has 0 amide bonds. The Morgan fingerprint density at radius 3 is 2.58 bits per heavy atom. The quantitative estimate of drug-likeness (QED) is 0.829. The van der Waals surface area contributed by atoms with Crippen LogP contribution in [0.2, 0.25) is 0 Å². The molecule has 1 aromatic carbocycles. The van der Waals surface area contributed by atoms with E-state index in [1.54, 1.807) is 6.07 Å². The van der Waals surface area contributed by atoms with Crippen LogP contribution in [-0.4, -0.2) is 16.5 Å². The molecule has 0 saturated carbocycles. The number of alkyl halides is 3. The highest BCUT2D eigenvalue weighted by Crippen LogP contribution is 2.35. The Kier molecular flexibility index (Phi) is 3.80. The summed E-state index contributed by atoms with van der Waals surface area (Å²) < 4.78 is 38.6. The average molecular weight is 288 g/mol. The van der Waals surface area contributed by atoms with Gasteiger partial charge in [0.05, 0.1) is 16.8 Å². The van der Waals surface area contributed by atoms with Crippen molar-refractivity contribution in [1.29, 1.82) is 0 Å². The SMILES string of the molecule is CC1(C)CCSC(Nc2ccccc2C(F)(F)F)=N1. The molecule has 6 heteroatoms. The van der Waals surface area contributed by atoms with E-state index >= 15 is 0 Å². The van der Waals surface area contributed by atoms with Crippen molar-refractivity contribution in [1.82, 2.24) is 0 Å². The maximum absolute atomic E-state index is 12.9. The van der Waals surface area contributed by atoms with Gasteiger partial charge in [-0.1, -0.05) is 23.9 Å². The van der Waals surface area contributed by atoms with E-state index in [4.69, 9.17) is 0 Å². The second kappa shape index (κ2) is 5.07. The molecule has 104 valence electrons. The van der Waals surface area contributed by atoms with Crippen LogP contribution in [0.4, 0.5) is 18.9 Å². The Morgan fingerprint density at radius 1 is 1.26 bits per heavy atom. The molecule has 0 atom stereocenters. The summed E-state index contributed by atoms with van der Waals surface area (Å²) >= 11 is 1.45. The van der Waals surface area contributed by atoms with Crippen LogP contribution in [0.15, 0.2) is 29.3 Å². The molecule has 0 saturated heterocycles. The van der Waals surface area contributed by atoms with Gasteiger partial charge in [0.2, 0.25) is 0 Å². The molecule has 0 bridgehead atoms. The van der Waals surface area contributed by atoms with Crippen LogP contribution in [-0.2, 0) is 6.18 Å². The first-order valence-corrected chi connectivity index (χ1v) is 6.92. The lowest BCUT2D eigenvalue weighted by molar-refractivity contribution is -0.136. The Hall–Kier alpha value is -1.17. The summed E-state index contributed by atoms with van der Waals surface area (Å²) in [5.41, 5.74) is -0.832. The van der Waals surface area contributed by atoms with E-state index < -0.39 is 11.7 Å². The molecule has 0 aromatic heterocycles. The third-order valence-electron chi connectivity index (χ3n) is 2.83. The Bertz CT molecular complexity index is 495. The topological polar surface area (TPSA) is 24.4 Å². The van der Waals surface area contributed by atoms with Crippen LogP contribution in [0.1, 0.15) is 25.8 Å². The molecule has 0 unspecified atom stereocenters. The van der Waals surface area contributed by atoms with Crippen molar-refractivity contribution in [3.05, 3.63) is 29.8 Å². The highest BCUT2D eigenvalue weighted by molar-refractivity contribution is 8.14. The fraction of sp³-hybridized carbons (Fsp3) is 0.462. The fourth-order valence-corrected chi connectivity index (χ4v) is 3.07. The Labute approximate surface area is 114 Å². The zero-order valence-corrected chi connectivity index (χ0v) is 11.5. The van der Waals surface area contributed by atoms with Gasteiger partial charge in [-0.15, -0.1) is 0 Å². The van der Waals surface area contributed by atoms with E-state index in [0.29, 0.717) is 5.17 Å². The smallest absolute Gasteiger partial charge is 0.334 e. The zero-order valence-electron chi connectivity index (χ0n) is 10.7. The van der Waals surface area contributed by atoms with Crippen LogP contribution in [0.25, 0.3) is 0 Å². The molecule has 1 heterocycles. The van der Waals surface area contributed by atoms with Gasteiger partial charge < -0.3 is 5.32 Å². The lowest BCUT2D eigenvalue weighted by Gasteiger charge is -2.27. The first kappa shape index (κ1) is 14.2. The highest BCUT2D eigenvalue weighted by Gasteiger charge is 2.33. The van der Waals surface area contributed by atoms with Crippen LogP contribution >= 0.6 is 11.8 Å². The van der Waals surface area contributed by atoms with Crippen molar-refractivity contribution in [2.45, 2.75) is 32.0 Å². The number of nitrogens with zero attached hydrogens (tertiary/aromatic N) is 1. The van der Waals surface area contributed by atoms with E-state index in [0.717, 1.165) is 18.2 Å². The van der Waals surface area contributed by atoms with Gasteiger partial charge in [0, 0.05) is 5.75 Å². The normalized spacial score (nSPS) is 18.9. The molecule has 1 N–H and O–H groups in total. The molecule has 0 radical (unpaired) electrons.